The number of aryl methyl sites for hydroxylation is 3. The summed E-state index contributed by atoms with van der Waals surface area (Å²) in [5, 5.41) is 0.538. The van der Waals surface area contributed by atoms with Crippen LogP contribution >= 0.6 is 0 Å². The van der Waals surface area contributed by atoms with E-state index in [1.54, 1.807) is 10.6 Å². The summed E-state index contributed by atoms with van der Waals surface area (Å²) < 4.78 is 2.98. The maximum absolute atomic E-state index is 13.5. The highest BCUT2D eigenvalue weighted by Crippen LogP contribution is 2.16. The van der Waals surface area contributed by atoms with Gasteiger partial charge in [-0.25, -0.2) is 9.36 Å². The fourth-order valence-electron chi connectivity index (χ4n) is 3.78. The molecule has 0 atom stereocenters. The Hall–Kier alpha value is -3.40. The smallest absolute Gasteiger partial charge is 0.288 e. The van der Waals surface area contributed by atoms with Crippen LogP contribution in [0.15, 0.2) is 76.3 Å². The molecule has 0 aliphatic rings. The fourth-order valence-corrected chi connectivity index (χ4v) is 3.78. The van der Waals surface area contributed by atoms with Crippen molar-refractivity contribution in [3.05, 3.63) is 110 Å². The summed E-state index contributed by atoms with van der Waals surface area (Å²) in [7, 11) is 0. The normalized spacial score (nSPS) is 11.1. The first-order valence-corrected chi connectivity index (χ1v) is 9.89. The highest BCUT2D eigenvalue weighted by Gasteiger charge is 2.15. The van der Waals surface area contributed by atoms with E-state index in [4.69, 9.17) is 0 Å². The van der Waals surface area contributed by atoms with Gasteiger partial charge in [-0.3, -0.25) is 9.36 Å². The molecule has 29 heavy (non-hydrogen) atoms. The van der Waals surface area contributed by atoms with Gasteiger partial charge in [0.2, 0.25) is 0 Å². The van der Waals surface area contributed by atoms with Crippen LogP contribution in [0.2, 0.25) is 0 Å². The van der Waals surface area contributed by atoms with E-state index in [1.807, 2.05) is 42.5 Å². The van der Waals surface area contributed by atoms with Crippen LogP contribution in [0.1, 0.15) is 29.2 Å². The molecule has 0 unspecified atom stereocenters. The molecule has 0 bridgehead atoms. The number of rotatable bonds is 4. The van der Waals surface area contributed by atoms with Gasteiger partial charge in [-0.2, -0.15) is 0 Å². The maximum atomic E-state index is 13.5. The van der Waals surface area contributed by atoms with E-state index < -0.39 is 0 Å². The minimum absolute atomic E-state index is 0.285. The van der Waals surface area contributed by atoms with E-state index in [-0.39, 0.29) is 11.2 Å². The van der Waals surface area contributed by atoms with E-state index in [1.165, 1.54) is 10.1 Å². The highest BCUT2D eigenvalue weighted by molar-refractivity contribution is 5.78. The molecule has 146 valence electrons. The van der Waals surface area contributed by atoms with Gasteiger partial charge in [-0.15, -0.1) is 0 Å². The molecule has 0 N–H and O–H groups in total. The predicted octanol–water partition coefficient (Wildman–Crippen LogP) is 4.38. The van der Waals surface area contributed by atoms with E-state index >= 15 is 0 Å². The molecule has 0 spiro atoms. The average Bonchev–Trinajstić information content (AvgIpc) is 2.73. The van der Waals surface area contributed by atoms with Crippen molar-refractivity contribution in [3.8, 4) is 5.69 Å². The van der Waals surface area contributed by atoms with Crippen molar-refractivity contribution in [3.63, 3.8) is 0 Å². The van der Waals surface area contributed by atoms with Gasteiger partial charge in [0.05, 0.1) is 23.1 Å². The van der Waals surface area contributed by atoms with Crippen LogP contribution in [0.25, 0.3) is 16.6 Å². The van der Waals surface area contributed by atoms with Gasteiger partial charge < -0.3 is 0 Å². The van der Waals surface area contributed by atoms with Crippen molar-refractivity contribution in [1.29, 1.82) is 0 Å². The van der Waals surface area contributed by atoms with Crippen LogP contribution in [0.4, 0.5) is 0 Å². The van der Waals surface area contributed by atoms with Crippen molar-refractivity contribution in [1.82, 2.24) is 9.13 Å². The fraction of sp³-hybridized carbons (Fsp3) is 0.200. The SMILES string of the molecule is CCc1ccc(-n2c(=O)c3ccccc3n(Cc3ccc(C)cc3C)c2=O)cc1. The quantitative estimate of drug-likeness (QED) is 0.524. The summed E-state index contributed by atoms with van der Waals surface area (Å²) in [6.45, 7) is 6.60. The molecule has 1 heterocycles. The zero-order valence-electron chi connectivity index (χ0n) is 17.0. The summed E-state index contributed by atoms with van der Waals surface area (Å²) >= 11 is 0. The lowest BCUT2D eigenvalue weighted by atomic mass is 10.1. The molecule has 0 amide bonds. The minimum Gasteiger partial charge on any atom is -0.288 e. The summed E-state index contributed by atoms with van der Waals surface area (Å²) in [6, 6.07) is 21.2. The Bertz CT molecular complexity index is 1310. The van der Waals surface area contributed by atoms with Gasteiger partial charge in [-0.1, -0.05) is 55.0 Å². The Morgan fingerprint density at radius 2 is 1.59 bits per heavy atom. The Morgan fingerprint density at radius 3 is 2.28 bits per heavy atom. The first-order valence-electron chi connectivity index (χ1n) is 9.89. The number of aromatic nitrogens is 2. The Labute approximate surface area is 169 Å². The molecule has 4 rings (SSSR count). The molecule has 0 fully saturated rings. The van der Waals surface area contributed by atoms with Crippen LogP contribution < -0.4 is 11.2 Å². The lowest BCUT2D eigenvalue weighted by Gasteiger charge is -2.16. The van der Waals surface area contributed by atoms with Crippen LogP contribution in [0, 0.1) is 13.8 Å². The van der Waals surface area contributed by atoms with Gasteiger partial charge in [-0.05, 0) is 61.2 Å². The third kappa shape index (κ3) is 3.42. The van der Waals surface area contributed by atoms with Gasteiger partial charge >= 0.3 is 5.69 Å². The lowest BCUT2D eigenvalue weighted by molar-refractivity contribution is 0.712. The van der Waals surface area contributed by atoms with E-state index in [0.717, 1.165) is 23.1 Å². The molecule has 0 saturated heterocycles. The molecule has 4 heteroatoms. The summed E-state index contributed by atoms with van der Waals surface area (Å²) in [4.78, 5) is 26.6. The molecule has 0 radical (unpaired) electrons. The highest BCUT2D eigenvalue weighted by atomic mass is 16.2. The van der Waals surface area contributed by atoms with Crippen LogP contribution in [-0.2, 0) is 13.0 Å². The second kappa shape index (κ2) is 7.55. The topological polar surface area (TPSA) is 44.0 Å². The van der Waals surface area contributed by atoms with Crippen molar-refractivity contribution in [2.45, 2.75) is 33.7 Å². The van der Waals surface area contributed by atoms with Gasteiger partial charge in [0.1, 0.15) is 0 Å². The molecular weight excluding hydrogens is 360 g/mol. The van der Waals surface area contributed by atoms with Crippen molar-refractivity contribution < 1.29 is 0 Å². The monoisotopic (exact) mass is 384 g/mol. The third-order valence-corrected chi connectivity index (χ3v) is 5.48. The Kier molecular flexibility index (Phi) is 4.93. The summed E-state index contributed by atoms with van der Waals surface area (Å²) in [5.41, 5.74) is 5.19. The van der Waals surface area contributed by atoms with Crippen molar-refractivity contribution in [2.75, 3.05) is 0 Å². The number of fused-ring (bicyclic) bond motifs is 1. The van der Waals surface area contributed by atoms with Gasteiger partial charge in [0, 0.05) is 0 Å². The zero-order valence-corrected chi connectivity index (χ0v) is 17.0. The van der Waals surface area contributed by atoms with E-state index in [2.05, 4.69) is 39.0 Å². The minimum atomic E-state index is -0.321. The van der Waals surface area contributed by atoms with E-state index in [0.29, 0.717) is 23.1 Å². The third-order valence-electron chi connectivity index (χ3n) is 5.48. The number of nitrogens with zero attached hydrogens (tertiary/aromatic N) is 2. The summed E-state index contributed by atoms with van der Waals surface area (Å²) in [6.07, 6.45) is 0.907. The first kappa shape index (κ1) is 18.9. The van der Waals surface area contributed by atoms with Crippen molar-refractivity contribution >= 4 is 10.9 Å². The lowest BCUT2D eigenvalue weighted by Crippen LogP contribution is -2.39. The summed E-state index contributed by atoms with van der Waals surface area (Å²) in [5.74, 6) is 0. The van der Waals surface area contributed by atoms with Crippen LogP contribution in [0.5, 0.6) is 0 Å². The molecule has 0 saturated carbocycles. The molecule has 0 aliphatic heterocycles. The molecule has 0 aliphatic carbocycles. The second-order valence-corrected chi connectivity index (χ2v) is 7.48. The molecule has 1 aromatic heterocycles. The number of benzene rings is 3. The first-order chi connectivity index (χ1) is 14.0. The maximum Gasteiger partial charge on any atom is 0.336 e. The van der Waals surface area contributed by atoms with Crippen molar-refractivity contribution in [2.24, 2.45) is 0 Å². The van der Waals surface area contributed by atoms with Crippen LogP contribution in [0.3, 0.4) is 0 Å². The van der Waals surface area contributed by atoms with Gasteiger partial charge in [0.25, 0.3) is 5.56 Å². The molecule has 3 aromatic carbocycles. The molecule has 4 aromatic rings. The Balaban J connectivity index is 1.98. The van der Waals surface area contributed by atoms with Crippen LogP contribution in [-0.4, -0.2) is 9.13 Å². The van der Waals surface area contributed by atoms with E-state index in [9.17, 15) is 9.59 Å². The number of para-hydroxylation sites is 1. The largest absolute Gasteiger partial charge is 0.336 e. The number of hydrogen-bond donors (Lipinski definition) is 0. The second-order valence-electron chi connectivity index (χ2n) is 7.48. The average molecular weight is 384 g/mol. The standard InChI is InChI=1S/C25H24N2O2/c1-4-19-10-13-21(14-11-19)27-24(28)22-7-5-6-8-23(22)26(25(27)29)16-20-12-9-17(2)15-18(20)3/h5-15H,4,16H2,1-3H3. The zero-order chi connectivity index (χ0) is 20.5. The predicted molar refractivity (Wildman–Crippen MR) is 118 cm³/mol. The number of hydrogen-bond acceptors (Lipinski definition) is 2. The van der Waals surface area contributed by atoms with Gasteiger partial charge in [0.15, 0.2) is 0 Å². The molecular formula is C25H24N2O2. The molecule has 4 nitrogen and oxygen atoms in total. The Morgan fingerprint density at radius 1 is 0.862 bits per heavy atom.